The lowest BCUT2D eigenvalue weighted by atomic mass is 10.1. The number of esters is 1. The molecule has 0 aliphatic rings. The average Bonchev–Trinajstić information content (AvgIpc) is 2.81. The molecule has 33 heavy (non-hydrogen) atoms. The number of ether oxygens (including phenoxy) is 2. The minimum absolute atomic E-state index is 0.0528. The van der Waals surface area contributed by atoms with Crippen molar-refractivity contribution in [2.75, 3.05) is 40.0 Å². The van der Waals surface area contributed by atoms with Crippen LogP contribution in [-0.4, -0.2) is 50.8 Å². The molecule has 0 N–H and O–H groups in total. The van der Waals surface area contributed by atoms with E-state index < -0.39 is 0 Å². The summed E-state index contributed by atoms with van der Waals surface area (Å²) in [5.74, 6) is -0.0528. The van der Waals surface area contributed by atoms with E-state index in [9.17, 15) is 4.79 Å². The number of unbranched alkanes of at least 4 members (excludes halogenated alkanes) is 11. The minimum atomic E-state index is -0.0528. The summed E-state index contributed by atoms with van der Waals surface area (Å²) in [6.07, 6.45) is 27.9. The number of nitrogens with zero attached hydrogens (tertiary/aromatic N) is 1. The first-order valence-electron chi connectivity index (χ1n) is 13.9. The molecule has 0 saturated heterocycles. The molecule has 0 atom stereocenters. The lowest BCUT2D eigenvalue weighted by Gasteiger charge is -2.16. The zero-order chi connectivity index (χ0) is 24.2. The SMILES string of the molecule is CC/C=C/CCCCCCCCOCCN(C)CCOC(=O)CCCCCCC/C=C/CC. The zero-order valence-corrected chi connectivity index (χ0v) is 22.3. The third-order valence-electron chi connectivity index (χ3n) is 5.82. The second kappa shape index (κ2) is 27.1. The second-order valence-corrected chi connectivity index (χ2v) is 9.11. The number of hydrogen-bond donors (Lipinski definition) is 0. The first-order chi connectivity index (χ1) is 16.2. The number of likely N-dealkylation sites (N-methyl/N-ethyl adjacent to an activating group) is 1. The maximum absolute atomic E-state index is 11.8. The summed E-state index contributed by atoms with van der Waals surface area (Å²) >= 11 is 0. The van der Waals surface area contributed by atoms with Crippen LogP contribution < -0.4 is 0 Å². The molecule has 0 aliphatic heterocycles. The van der Waals surface area contributed by atoms with Gasteiger partial charge >= 0.3 is 5.97 Å². The molecule has 0 unspecified atom stereocenters. The van der Waals surface area contributed by atoms with Crippen molar-refractivity contribution in [1.29, 1.82) is 0 Å². The third-order valence-corrected chi connectivity index (χ3v) is 5.82. The molecule has 0 fully saturated rings. The van der Waals surface area contributed by atoms with Gasteiger partial charge in [0.05, 0.1) is 6.61 Å². The van der Waals surface area contributed by atoms with E-state index in [0.29, 0.717) is 13.0 Å². The highest BCUT2D eigenvalue weighted by molar-refractivity contribution is 5.69. The van der Waals surface area contributed by atoms with Gasteiger partial charge in [-0.2, -0.15) is 0 Å². The van der Waals surface area contributed by atoms with Crippen molar-refractivity contribution in [2.24, 2.45) is 0 Å². The summed E-state index contributed by atoms with van der Waals surface area (Å²) in [6, 6.07) is 0. The van der Waals surface area contributed by atoms with Gasteiger partial charge in [0, 0.05) is 26.1 Å². The molecule has 0 heterocycles. The quantitative estimate of drug-likeness (QED) is 0.0781. The van der Waals surface area contributed by atoms with Gasteiger partial charge in [-0.3, -0.25) is 4.79 Å². The van der Waals surface area contributed by atoms with Crippen LogP contribution in [0.3, 0.4) is 0 Å². The van der Waals surface area contributed by atoms with Crippen LogP contribution in [-0.2, 0) is 14.3 Å². The summed E-state index contributed by atoms with van der Waals surface area (Å²) in [5, 5.41) is 0. The number of allylic oxidation sites excluding steroid dienone is 4. The smallest absolute Gasteiger partial charge is 0.305 e. The molecule has 0 rings (SSSR count). The Kier molecular flexibility index (Phi) is 26.2. The number of carbonyl (C=O) groups excluding carboxylic acids is 1. The summed E-state index contributed by atoms with van der Waals surface area (Å²) < 4.78 is 11.1. The molecule has 0 aromatic heterocycles. The summed E-state index contributed by atoms with van der Waals surface area (Å²) in [6.45, 7) is 8.10. The highest BCUT2D eigenvalue weighted by Gasteiger charge is 2.04. The monoisotopic (exact) mass is 465 g/mol. The van der Waals surface area contributed by atoms with Gasteiger partial charge in [0.2, 0.25) is 0 Å². The van der Waals surface area contributed by atoms with E-state index in [0.717, 1.165) is 58.4 Å². The zero-order valence-electron chi connectivity index (χ0n) is 22.3. The number of hydrogen-bond acceptors (Lipinski definition) is 4. The molecule has 0 aromatic rings. The first kappa shape index (κ1) is 31.9. The lowest BCUT2D eigenvalue weighted by molar-refractivity contribution is -0.144. The van der Waals surface area contributed by atoms with Crippen molar-refractivity contribution in [3.8, 4) is 0 Å². The Bertz CT molecular complexity index is 462. The summed E-state index contributed by atoms with van der Waals surface area (Å²) in [7, 11) is 2.06. The molecule has 0 amide bonds. The molecule has 4 heteroatoms. The molecule has 0 aromatic carbocycles. The van der Waals surface area contributed by atoms with Crippen LogP contribution in [0.15, 0.2) is 24.3 Å². The van der Waals surface area contributed by atoms with E-state index in [2.05, 4.69) is 50.1 Å². The molecule has 194 valence electrons. The van der Waals surface area contributed by atoms with Crippen molar-refractivity contribution in [3.05, 3.63) is 24.3 Å². The van der Waals surface area contributed by atoms with Gasteiger partial charge in [-0.05, 0) is 58.4 Å². The Morgan fingerprint density at radius 3 is 1.76 bits per heavy atom. The van der Waals surface area contributed by atoms with Crippen molar-refractivity contribution < 1.29 is 14.3 Å². The van der Waals surface area contributed by atoms with Crippen LogP contribution >= 0.6 is 0 Å². The largest absolute Gasteiger partial charge is 0.464 e. The van der Waals surface area contributed by atoms with Crippen LogP contribution in [0.1, 0.15) is 117 Å². The first-order valence-corrected chi connectivity index (χ1v) is 13.9. The molecular weight excluding hydrogens is 410 g/mol. The van der Waals surface area contributed by atoms with Crippen molar-refractivity contribution in [3.63, 3.8) is 0 Å². The van der Waals surface area contributed by atoms with E-state index >= 15 is 0 Å². The van der Waals surface area contributed by atoms with Crippen molar-refractivity contribution in [2.45, 2.75) is 117 Å². The van der Waals surface area contributed by atoms with Gasteiger partial charge in [-0.25, -0.2) is 0 Å². The fourth-order valence-electron chi connectivity index (χ4n) is 3.63. The molecule has 0 aliphatic carbocycles. The fraction of sp³-hybridized carbons (Fsp3) is 0.828. The highest BCUT2D eigenvalue weighted by Crippen LogP contribution is 2.09. The van der Waals surface area contributed by atoms with Gasteiger partial charge in [-0.1, -0.05) is 83.1 Å². The molecule has 0 saturated carbocycles. The van der Waals surface area contributed by atoms with Crippen molar-refractivity contribution >= 4 is 5.97 Å². The number of rotatable bonds is 25. The minimum Gasteiger partial charge on any atom is -0.464 e. The van der Waals surface area contributed by atoms with Gasteiger partial charge < -0.3 is 14.4 Å². The van der Waals surface area contributed by atoms with Crippen molar-refractivity contribution in [1.82, 2.24) is 4.90 Å². The third kappa shape index (κ3) is 27.0. The van der Waals surface area contributed by atoms with Gasteiger partial charge in [0.25, 0.3) is 0 Å². The van der Waals surface area contributed by atoms with Gasteiger partial charge in [0.15, 0.2) is 0 Å². The standard InChI is InChI=1S/C29H55NO3/c1-4-6-8-10-12-14-16-18-20-22-26-32-27-24-30(3)25-28-33-29(31)23-21-19-17-15-13-11-9-7-5-2/h6-9H,4-5,10-28H2,1-3H3/b8-6+,9-7+. The maximum Gasteiger partial charge on any atom is 0.305 e. The Balaban J connectivity index is 3.32. The van der Waals surface area contributed by atoms with E-state index in [4.69, 9.17) is 9.47 Å². The average molecular weight is 466 g/mol. The van der Waals surface area contributed by atoms with Crippen LogP contribution in [0.25, 0.3) is 0 Å². The normalized spacial score (nSPS) is 11.9. The predicted octanol–water partition coefficient (Wildman–Crippen LogP) is 7.87. The molecule has 0 spiro atoms. The highest BCUT2D eigenvalue weighted by atomic mass is 16.5. The van der Waals surface area contributed by atoms with E-state index in [1.807, 2.05) is 0 Å². The van der Waals surface area contributed by atoms with Gasteiger partial charge in [-0.15, -0.1) is 0 Å². The number of carbonyl (C=O) groups is 1. The molecule has 0 bridgehead atoms. The predicted molar refractivity (Wildman–Crippen MR) is 143 cm³/mol. The van der Waals surface area contributed by atoms with Crippen LogP contribution in [0, 0.1) is 0 Å². The maximum atomic E-state index is 11.8. The van der Waals surface area contributed by atoms with Gasteiger partial charge in [0.1, 0.15) is 6.61 Å². The van der Waals surface area contributed by atoms with E-state index in [1.165, 1.54) is 64.2 Å². The lowest BCUT2D eigenvalue weighted by Crippen LogP contribution is -2.28. The van der Waals surface area contributed by atoms with Crippen LogP contribution in [0.5, 0.6) is 0 Å². The molecule has 0 radical (unpaired) electrons. The van der Waals surface area contributed by atoms with Crippen LogP contribution in [0.4, 0.5) is 0 Å². The van der Waals surface area contributed by atoms with E-state index in [1.54, 1.807) is 0 Å². The second-order valence-electron chi connectivity index (χ2n) is 9.11. The Morgan fingerprint density at radius 2 is 1.15 bits per heavy atom. The van der Waals surface area contributed by atoms with Crippen LogP contribution in [0.2, 0.25) is 0 Å². The van der Waals surface area contributed by atoms with E-state index in [-0.39, 0.29) is 5.97 Å². The summed E-state index contributed by atoms with van der Waals surface area (Å²) in [4.78, 5) is 14.0. The Labute approximate surface area is 206 Å². The Morgan fingerprint density at radius 1 is 0.636 bits per heavy atom. The topological polar surface area (TPSA) is 38.8 Å². The molecule has 4 nitrogen and oxygen atoms in total. The molecular formula is C29H55NO3. The summed E-state index contributed by atoms with van der Waals surface area (Å²) in [5.41, 5.74) is 0. The fourth-order valence-corrected chi connectivity index (χ4v) is 3.63. The Hall–Kier alpha value is -1.13.